The van der Waals surface area contributed by atoms with Gasteiger partial charge in [0.15, 0.2) is 16.3 Å². The standard InChI is InChI=1S/C29H27IN2O6S/c1-7-12-37-26-21(30)13-18(14-22(26)36-6)15-23-27(33)32-25(19-8-10-20(35-5)11-9-19)24(28(34)38-16(2)3)17(4)31-29(32)39-23/h1,8-11,13-16,25H,12H2,2-6H3/b23-15-/t25-/m0/s1. The predicted molar refractivity (Wildman–Crippen MR) is 158 cm³/mol. The van der Waals surface area contributed by atoms with Gasteiger partial charge in [-0.2, -0.15) is 0 Å². The highest BCUT2D eigenvalue weighted by Gasteiger charge is 2.33. The number of allylic oxidation sites excluding steroid dienone is 1. The number of thiazole rings is 1. The minimum Gasteiger partial charge on any atom is -0.497 e. The summed E-state index contributed by atoms with van der Waals surface area (Å²) >= 11 is 3.39. The molecule has 1 aliphatic heterocycles. The highest BCUT2D eigenvalue weighted by Crippen LogP contribution is 2.34. The zero-order chi connectivity index (χ0) is 28.3. The van der Waals surface area contributed by atoms with Crippen LogP contribution in [0.1, 0.15) is 37.9 Å². The third kappa shape index (κ3) is 5.89. The molecule has 0 unspecified atom stereocenters. The fraction of sp³-hybridized carbons (Fsp3) is 0.276. The van der Waals surface area contributed by atoms with Crippen LogP contribution in [0.25, 0.3) is 6.08 Å². The molecule has 1 aliphatic rings. The lowest BCUT2D eigenvalue weighted by atomic mass is 9.96. The molecule has 0 aliphatic carbocycles. The van der Waals surface area contributed by atoms with Crippen molar-refractivity contribution in [2.75, 3.05) is 20.8 Å². The molecular weight excluding hydrogens is 631 g/mol. The molecule has 2 aromatic carbocycles. The Balaban J connectivity index is 1.90. The van der Waals surface area contributed by atoms with Crippen molar-refractivity contribution in [1.29, 1.82) is 0 Å². The maximum absolute atomic E-state index is 13.9. The molecule has 0 saturated carbocycles. The third-order valence-electron chi connectivity index (χ3n) is 5.87. The van der Waals surface area contributed by atoms with Gasteiger partial charge in [-0.1, -0.05) is 29.4 Å². The second-order valence-corrected chi connectivity index (χ2v) is 11.0. The first-order valence-corrected chi connectivity index (χ1v) is 13.9. The number of carbonyl (C=O) groups excluding carboxylic acids is 1. The Kier molecular flexibility index (Phi) is 8.82. The van der Waals surface area contributed by atoms with Crippen LogP contribution in [0.2, 0.25) is 0 Å². The van der Waals surface area contributed by atoms with Crippen molar-refractivity contribution in [3.63, 3.8) is 0 Å². The summed E-state index contributed by atoms with van der Waals surface area (Å²) in [6.45, 7) is 5.43. The number of benzene rings is 2. The van der Waals surface area contributed by atoms with E-state index in [9.17, 15) is 9.59 Å². The molecule has 0 radical (unpaired) electrons. The average Bonchev–Trinajstić information content (AvgIpc) is 3.20. The number of terminal acetylenes is 1. The Morgan fingerprint density at radius 3 is 2.56 bits per heavy atom. The van der Waals surface area contributed by atoms with Crippen molar-refractivity contribution in [2.24, 2.45) is 4.99 Å². The summed E-state index contributed by atoms with van der Waals surface area (Å²) in [6, 6.07) is 10.2. The summed E-state index contributed by atoms with van der Waals surface area (Å²) in [7, 11) is 3.12. The highest BCUT2D eigenvalue weighted by molar-refractivity contribution is 14.1. The Labute approximate surface area is 243 Å². The van der Waals surface area contributed by atoms with Crippen LogP contribution in [0.3, 0.4) is 0 Å². The van der Waals surface area contributed by atoms with Gasteiger partial charge >= 0.3 is 5.97 Å². The van der Waals surface area contributed by atoms with Gasteiger partial charge in [0.1, 0.15) is 12.4 Å². The molecule has 10 heteroatoms. The molecule has 8 nitrogen and oxygen atoms in total. The molecule has 4 rings (SSSR count). The number of aromatic nitrogens is 1. The summed E-state index contributed by atoms with van der Waals surface area (Å²) in [6.07, 6.45) is 6.78. The van der Waals surface area contributed by atoms with Gasteiger partial charge in [0.25, 0.3) is 5.56 Å². The van der Waals surface area contributed by atoms with Gasteiger partial charge in [0.05, 0.1) is 45.7 Å². The maximum atomic E-state index is 13.9. The van der Waals surface area contributed by atoms with E-state index in [1.807, 2.05) is 18.2 Å². The van der Waals surface area contributed by atoms with Crippen LogP contribution in [0, 0.1) is 15.9 Å². The van der Waals surface area contributed by atoms with Crippen LogP contribution < -0.4 is 29.1 Å². The molecule has 39 heavy (non-hydrogen) atoms. The van der Waals surface area contributed by atoms with Gasteiger partial charge in [-0.25, -0.2) is 9.79 Å². The summed E-state index contributed by atoms with van der Waals surface area (Å²) in [5.41, 5.74) is 2.02. The Morgan fingerprint density at radius 2 is 1.95 bits per heavy atom. The summed E-state index contributed by atoms with van der Waals surface area (Å²) in [5.74, 6) is 3.64. The smallest absolute Gasteiger partial charge is 0.338 e. The molecular formula is C29H27IN2O6S. The number of ether oxygens (including phenoxy) is 4. The highest BCUT2D eigenvalue weighted by atomic mass is 127. The third-order valence-corrected chi connectivity index (χ3v) is 7.65. The molecule has 202 valence electrons. The first-order chi connectivity index (χ1) is 18.7. The zero-order valence-electron chi connectivity index (χ0n) is 22.1. The largest absolute Gasteiger partial charge is 0.497 e. The van der Waals surface area contributed by atoms with Gasteiger partial charge in [-0.3, -0.25) is 9.36 Å². The first-order valence-electron chi connectivity index (χ1n) is 12.0. The van der Waals surface area contributed by atoms with Gasteiger partial charge < -0.3 is 18.9 Å². The van der Waals surface area contributed by atoms with E-state index in [-0.39, 0.29) is 18.3 Å². The van der Waals surface area contributed by atoms with E-state index >= 15 is 0 Å². The molecule has 0 saturated heterocycles. The normalized spacial score (nSPS) is 14.9. The molecule has 1 aromatic heterocycles. The van der Waals surface area contributed by atoms with E-state index in [4.69, 9.17) is 25.4 Å². The van der Waals surface area contributed by atoms with Crippen molar-refractivity contribution >= 4 is 46.0 Å². The summed E-state index contributed by atoms with van der Waals surface area (Å²) < 4.78 is 24.8. The van der Waals surface area contributed by atoms with Gasteiger partial charge in [-0.05, 0) is 84.8 Å². The lowest BCUT2D eigenvalue weighted by Crippen LogP contribution is -2.40. The van der Waals surface area contributed by atoms with Crippen LogP contribution in [-0.2, 0) is 9.53 Å². The fourth-order valence-electron chi connectivity index (χ4n) is 4.19. The van der Waals surface area contributed by atoms with E-state index in [0.29, 0.717) is 37.9 Å². The molecule has 0 spiro atoms. The second-order valence-electron chi connectivity index (χ2n) is 8.84. The van der Waals surface area contributed by atoms with E-state index in [1.54, 1.807) is 63.8 Å². The van der Waals surface area contributed by atoms with E-state index in [0.717, 1.165) is 14.7 Å². The number of fused-ring (bicyclic) bond motifs is 1. The monoisotopic (exact) mass is 658 g/mol. The Morgan fingerprint density at radius 1 is 1.23 bits per heavy atom. The lowest BCUT2D eigenvalue weighted by Gasteiger charge is -2.25. The van der Waals surface area contributed by atoms with Crippen molar-refractivity contribution in [2.45, 2.75) is 32.9 Å². The second kappa shape index (κ2) is 12.1. The lowest BCUT2D eigenvalue weighted by molar-refractivity contribution is -0.143. The molecule has 0 amide bonds. The molecule has 2 heterocycles. The van der Waals surface area contributed by atoms with E-state index in [1.165, 1.54) is 11.3 Å². The van der Waals surface area contributed by atoms with Crippen LogP contribution in [-0.4, -0.2) is 37.5 Å². The number of esters is 1. The minimum atomic E-state index is -0.713. The molecule has 0 bridgehead atoms. The number of hydrogen-bond acceptors (Lipinski definition) is 8. The molecule has 3 aromatic rings. The topological polar surface area (TPSA) is 88.4 Å². The van der Waals surface area contributed by atoms with Crippen molar-refractivity contribution in [3.05, 3.63) is 82.1 Å². The molecule has 0 N–H and O–H groups in total. The molecule has 0 fully saturated rings. The predicted octanol–water partition coefficient (Wildman–Crippen LogP) is 3.82. The van der Waals surface area contributed by atoms with Crippen LogP contribution in [0.4, 0.5) is 0 Å². The van der Waals surface area contributed by atoms with Gasteiger partial charge in [0.2, 0.25) is 0 Å². The van der Waals surface area contributed by atoms with Crippen molar-refractivity contribution in [1.82, 2.24) is 4.57 Å². The average molecular weight is 659 g/mol. The van der Waals surface area contributed by atoms with E-state index < -0.39 is 12.0 Å². The SMILES string of the molecule is C#CCOc1c(I)cc(/C=c2\sc3n(c2=O)[C@@H](c2ccc(OC)cc2)C(C(=O)OC(C)C)=C(C)N=3)cc1OC. The van der Waals surface area contributed by atoms with Crippen molar-refractivity contribution < 1.29 is 23.7 Å². The number of rotatable bonds is 8. The summed E-state index contributed by atoms with van der Waals surface area (Å²) in [5, 5.41) is 0. The van der Waals surface area contributed by atoms with E-state index in [2.05, 4.69) is 33.5 Å². The van der Waals surface area contributed by atoms with Gasteiger partial charge in [-0.15, -0.1) is 6.42 Å². The Hall–Kier alpha value is -3.56. The zero-order valence-corrected chi connectivity index (χ0v) is 25.1. The number of carbonyl (C=O) groups is 1. The Bertz CT molecular complexity index is 1660. The summed E-state index contributed by atoms with van der Waals surface area (Å²) in [4.78, 5) is 32.2. The first kappa shape index (κ1) is 28.4. The van der Waals surface area contributed by atoms with Crippen LogP contribution in [0.15, 0.2) is 57.5 Å². The van der Waals surface area contributed by atoms with Crippen molar-refractivity contribution in [3.8, 4) is 29.6 Å². The van der Waals surface area contributed by atoms with Crippen LogP contribution in [0.5, 0.6) is 17.2 Å². The number of halogens is 1. The fourth-order valence-corrected chi connectivity index (χ4v) is 6.02. The number of nitrogens with zero attached hydrogens (tertiary/aromatic N) is 2. The van der Waals surface area contributed by atoms with Crippen LogP contribution >= 0.6 is 33.9 Å². The number of hydrogen-bond donors (Lipinski definition) is 0. The maximum Gasteiger partial charge on any atom is 0.338 e. The quantitative estimate of drug-likeness (QED) is 0.208. The van der Waals surface area contributed by atoms with Gasteiger partial charge in [0, 0.05) is 0 Å². The number of methoxy groups -OCH3 is 2. The minimum absolute atomic E-state index is 0.108. The molecule has 1 atom stereocenters.